The van der Waals surface area contributed by atoms with Crippen LogP contribution in [0.1, 0.15) is 27.2 Å². The van der Waals surface area contributed by atoms with Crippen LogP contribution in [-0.4, -0.2) is 50.1 Å². The van der Waals surface area contributed by atoms with E-state index in [4.69, 9.17) is 0 Å². The summed E-state index contributed by atoms with van der Waals surface area (Å²) in [5.41, 5.74) is 0.0744. The third-order valence-electron chi connectivity index (χ3n) is 2.63. The first-order valence-electron chi connectivity index (χ1n) is 5.55. The van der Waals surface area contributed by atoms with Crippen molar-refractivity contribution in [3.63, 3.8) is 0 Å². The molecule has 0 aromatic carbocycles. The fourth-order valence-corrected chi connectivity index (χ4v) is 0.967. The summed E-state index contributed by atoms with van der Waals surface area (Å²) in [7, 11) is 4.08. The van der Waals surface area contributed by atoms with E-state index in [0.29, 0.717) is 6.54 Å². The van der Waals surface area contributed by atoms with Gasteiger partial charge in [-0.3, -0.25) is 4.79 Å². The number of hydrogen-bond donors (Lipinski definition) is 2. The largest absolute Gasteiger partial charge is 0.355 e. The van der Waals surface area contributed by atoms with E-state index in [1.165, 1.54) is 0 Å². The van der Waals surface area contributed by atoms with Crippen molar-refractivity contribution < 1.29 is 4.79 Å². The minimum absolute atomic E-state index is 0.0744. The molecule has 4 nitrogen and oxygen atoms in total. The summed E-state index contributed by atoms with van der Waals surface area (Å²) in [5.74, 6) is 0.0754. The molecule has 90 valence electrons. The van der Waals surface area contributed by atoms with Gasteiger partial charge in [0.25, 0.3) is 0 Å². The van der Waals surface area contributed by atoms with E-state index in [-0.39, 0.29) is 11.4 Å². The molecule has 0 aliphatic heterocycles. The summed E-state index contributed by atoms with van der Waals surface area (Å²) in [6.45, 7) is 8.30. The highest BCUT2D eigenvalue weighted by Crippen LogP contribution is 2.07. The quantitative estimate of drug-likeness (QED) is 0.648. The van der Waals surface area contributed by atoms with Crippen LogP contribution in [0.4, 0.5) is 0 Å². The third kappa shape index (κ3) is 6.47. The molecule has 0 atom stereocenters. The molecule has 0 rings (SSSR count). The highest BCUT2D eigenvalue weighted by Gasteiger charge is 2.19. The van der Waals surface area contributed by atoms with Crippen molar-refractivity contribution in [3.05, 3.63) is 0 Å². The van der Waals surface area contributed by atoms with E-state index in [2.05, 4.69) is 29.4 Å². The van der Waals surface area contributed by atoms with Gasteiger partial charge in [-0.15, -0.1) is 0 Å². The average molecular weight is 215 g/mol. The molecule has 0 spiro atoms. The van der Waals surface area contributed by atoms with Crippen LogP contribution < -0.4 is 10.6 Å². The van der Waals surface area contributed by atoms with E-state index in [1.807, 2.05) is 21.0 Å². The number of hydrogen-bond acceptors (Lipinski definition) is 3. The zero-order chi connectivity index (χ0) is 11.9. The Labute approximate surface area is 93.4 Å². The second kappa shape index (κ2) is 6.80. The van der Waals surface area contributed by atoms with Crippen molar-refractivity contribution in [1.82, 2.24) is 15.5 Å². The van der Waals surface area contributed by atoms with Gasteiger partial charge in [0.1, 0.15) is 0 Å². The van der Waals surface area contributed by atoms with E-state index in [0.717, 1.165) is 19.5 Å². The van der Waals surface area contributed by atoms with Crippen LogP contribution in [0.3, 0.4) is 0 Å². The Morgan fingerprint density at radius 3 is 2.40 bits per heavy atom. The van der Waals surface area contributed by atoms with Crippen LogP contribution in [0.15, 0.2) is 0 Å². The fourth-order valence-electron chi connectivity index (χ4n) is 0.967. The van der Waals surface area contributed by atoms with E-state index in [1.54, 1.807) is 0 Å². The number of carbonyl (C=O) groups is 1. The molecule has 0 fully saturated rings. The number of amides is 1. The Balaban J connectivity index is 3.65. The summed E-state index contributed by atoms with van der Waals surface area (Å²) in [5, 5.41) is 5.99. The predicted molar refractivity (Wildman–Crippen MR) is 63.9 cm³/mol. The van der Waals surface area contributed by atoms with Crippen molar-refractivity contribution in [3.8, 4) is 0 Å². The maximum Gasteiger partial charge on any atom is 0.233 e. The maximum absolute atomic E-state index is 11.3. The molecular formula is C11H25N3O. The molecule has 0 aromatic heterocycles. The lowest BCUT2D eigenvalue weighted by molar-refractivity contribution is -0.120. The lowest BCUT2D eigenvalue weighted by atomic mass is 10.0. The molecule has 0 aliphatic carbocycles. The molecule has 0 saturated carbocycles. The number of rotatable bonds is 7. The molecule has 4 heteroatoms. The van der Waals surface area contributed by atoms with Crippen LogP contribution in [0.25, 0.3) is 0 Å². The Morgan fingerprint density at radius 1 is 1.33 bits per heavy atom. The first-order chi connectivity index (χ1) is 6.90. The molecule has 0 radical (unpaired) electrons. The fraction of sp³-hybridized carbons (Fsp3) is 0.909. The second-order valence-electron chi connectivity index (χ2n) is 4.66. The van der Waals surface area contributed by atoms with Gasteiger partial charge in [0, 0.05) is 18.6 Å². The third-order valence-corrected chi connectivity index (χ3v) is 2.63. The van der Waals surface area contributed by atoms with Gasteiger partial charge in [-0.2, -0.15) is 0 Å². The van der Waals surface area contributed by atoms with E-state index < -0.39 is 0 Å². The zero-order valence-corrected chi connectivity index (χ0v) is 10.7. The molecule has 0 saturated heterocycles. The Kier molecular flexibility index (Phi) is 6.52. The zero-order valence-electron chi connectivity index (χ0n) is 10.7. The Morgan fingerprint density at radius 2 is 1.93 bits per heavy atom. The minimum Gasteiger partial charge on any atom is -0.355 e. The molecule has 15 heavy (non-hydrogen) atoms. The van der Waals surface area contributed by atoms with Crippen LogP contribution in [0.2, 0.25) is 0 Å². The predicted octanol–water partition coefficient (Wildman–Crippen LogP) is 0.442. The summed E-state index contributed by atoms with van der Waals surface area (Å²) < 4.78 is 0. The van der Waals surface area contributed by atoms with Crippen LogP contribution >= 0.6 is 0 Å². The van der Waals surface area contributed by atoms with Gasteiger partial charge in [0.2, 0.25) is 5.91 Å². The standard InChI is InChI=1S/C11H25N3O/c1-6-7-13-10(15)8-12-9-11(2,3)14(4)5/h12H,6-9H2,1-5H3,(H,13,15). The van der Waals surface area contributed by atoms with Crippen LogP contribution in [0, 0.1) is 0 Å². The van der Waals surface area contributed by atoms with Crippen molar-refractivity contribution >= 4 is 5.91 Å². The molecule has 1 amide bonds. The van der Waals surface area contributed by atoms with Gasteiger partial charge < -0.3 is 15.5 Å². The molecule has 0 aliphatic rings. The molecule has 0 heterocycles. The number of nitrogens with zero attached hydrogens (tertiary/aromatic N) is 1. The molecule has 0 aromatic rings. The normalized spacial score (nSPS) is 11.9. The summed E-state index contributed by atoms with van der Waals surface area (Å²) >= 11 is 0. The monoisotopic (exact) mass is 215 g/mol. The lowest BCUT2D eigenvalue weighted by Gasteiger charge is -2.32. The number of likely N-dealkylation sites (N-methyl/N-ethyl adjacent to an activating group) is 1. The van der Waals surface area contributed by atoms with Gasteiger partial charge >= 0.3 is 0 Å². The van der Waals surface area contributed by atoms with Gasteiger partial charge in [-0.1, -0.05) is 6.92 Å². The van der Waals surface area contributed by atoms with E-state index in [9.17, 15) is 4.79 Å². The van der Waals surface area contributed by atoms with Crippen molar-refractivity contribution in [2.45, 2.75) is 32.7 Å². The highest BCUT2D eigenvalue weighted by atomic mass is 16.1. The molecule has 0 bridgehead atoms. The van der Waals surface area contributed by atoms with Crippen LogP contribution in [0.5, 0.6) is 0 Å². The number of nitrogens with one attached hydrogen (secondary N) is 2. The SMILES string of the molecule is CCCNC(=O)CNCC(C)(C)N(C)C. The van der Waals surface area contributed by atoms with Gasteiger partial charge in [-0.25, -0.2) is 0 Å². The molecule has 0 unspecified atom stereocenters. The van der Waals surface area contributed by atoms with Crippen molar-refractivity contribution in [2.75, 3.05) is 33.7 Å². The summed E-state index contributed by atoms with van der Waals surface area (Å²) in [6, 6.07) is 0. The first kappa shape index (κ1) is 14.4. The summed E-state index contributed by atoms with van der Waals surface area (Å²) in [6.07, 6.45) is 0.981. The van der Waals surface area contributed by atoms with Crippen molar-refractivity contribution in [1.29, 1.82) is 0 Å². The van der Waals surface area contributed by atoms with E-state index >= 15 is 0 Å². The van der Waals surface area contributed by atoms with Gasteiger partial charge in [-0.05, 0) is 34.4 Å². The molecule has 2 N–H and O–H groups in total. The van der Waals surface area contributed by atoms with Crippen molar-refractivity contribution in [2.24, 2.45) is 0 Å². The highest BCUT2D eigenvalue weighted by molar-refractivity contribution is 5.77. The first-order valence-corrected chi connectivity index (χ1v) is 5.55. The minimum atomic E-state index is 0.0744. The Hall–Kier alpha value is -0.610. The van der Waals surface area contributed by atoms with Gasteiger partial charge in [0.05, 0.1) is 6.54 Å². The Bertz CT molecular complexity index is 190. The number of carbonyl (C=O) groups excluding carboxylic acids is 1. The van der Waals surface area contributed by atoms with Gasteiger partial charge in [0.15, 0.2) is 0 Å². The van der Waals surface area contributed by atoms with Crippen LogP contribution in [-0.2, 0) is 4.79 Å². The topological polar surface area (TPSA) is 44.4 Å². The summed E-state index contributed by atoms with van der Waals surface area (Å²) in [4.78, 5) is 13.4. The lowest BCUT2D eigenvalue weighted by Crippen LogP contribution is -2.48. The molecular weight excluding hydrogens is 190 g/mol. The maximum atomic E-state index is 11.3. The smallest absolute Gasteiger partial charge is 0.233 e. The average Bonchev–Trinajstić information content (AvgIpc) is 2.14. The second-order valence-corrected chi connectivity index (χ2v) is 4.66.